The lowest BCUT2D eigenvalue weighted by atomic mass is 10.00. The molecule has 0 bridgehead atoms. The molecular weight excluding hydrogens is 643 g/mol. The van der Waals surface area contributed by atoms with Crippen molar-refractivity contribution in [1.29, 1.82) is 0 Å². The van der Waals surface area contributed by atoms with Crippen LogP contribution in [0.2, 0.25) is 10.0 Å². The van der Waals surface area contributed by atoms with E-state index < -0.39 is 44.6 Å². The molecule has 45 heavy (non-hydrogen) atoms. The molecule has 0 aliphatic carbocycles. The number of benzene rings is 3. The number of pyridine rings is 1. The number of carbonyl (C=O) groups excluding carboxylic acids is 2. The highest BCUT2D eigenvalue weighted by Gasteiger charge is 2.29. The lowest BCUT2D eigenvalue weighted by Gasteiger charge is -2.11. The summed E-state index contributed by atoms with van der Waals surface area (Å²) in [4.78, 5) is 32.1. The highest BCUT2D eigenvalue weighted by molar-refractivity contribution is 7.92. The van der Waals surface area contributed by atoms with E-state index in [1.165, 1.54) is 6.20 Å². The Morgan fingerprint density at radius 2 is 1.64 bits per heavy atom. The van der Waals surface area contributed by atoms with Crippen LogP contribution in [0.3, 0.4) is 0 Å². The summed E-state index contributed by atoms with van der Waals surface area (Å²) in [6, 6.07) is 15.0. The van der Waals surface area contributed by atoms with Crippen LogP contribution < -0.4 is 4.72 Å². The van der Waals surface area contributed by atoms with E-state index in [0.29, 0.717) is 21.7 Å². The van der Waals surface area contributed by atoms with E-state index in [-0.39, 0.29) is 39.4 Å². The average Bonchev–Trinajstić information content (AvgIpc) is 3.39. The Kier molecular flexibility index (Phi) is 10.4. The number of fused-ring (bicyclic) bond motifs is 1. The Morgan fingerprint density at radius 3 is 2.29 bits per heavy atom. The first kappa shape index (κ1) is 33.8. The van der Waals surface area contributed by atoms with Crippen molar-refractivity contribution in [1.82, 2.24) is 9.55 Å². The number of nitrogens with one attached hydrogen (secondary N) is 1. The van der Waals surface area contributed by atoms with Gasteiger partial charge in [-0.25, -0.2) is 22.2 Å². The first-order chi connectivity index (χ1) is 21.4. The third-order valence-corrected chi connectivity index (χ3v) is 8.82. The van der Waals surface area contributed by atoms with Gasteiger partial charge in [0.1, 0.15) is 11.5 Å². The monoisotopic (exact) mass is 671 g/mol. The molecule has 0 aliphatic rings. The number of hydrogen-bond acceptors (Lipinski definition) is 5. The van der Waals surface area contributed by atoms with Crippen molar-refractivity contribution in [3.05, 3.63) is 117 Å². The third-order valence-electron chi connectivity index (χ3n) is 6.78. The van der Waals surface area contributed by atoms with Crippen molar-refractivity contribution in [3.63, 3.8) is 0 Å². The van der Waals surface area contributed by atoms with Gasteiger partial charge < -0.3 is 0 Å². The summed E-state index contributed by atoms with van der Waals surface area (Å²) in [6.45, 7) is 7.32. The number of aromatic nitrogens is 2. The summed E-state index contributed by atoms with van der Waals surface area (Å²) >= 11 is 12.4. The number of rotatable bonds is 8. The molecule has 3 aromatic carbocycles. The average molecular weight is 673 g/mol. The van der Waals surface area contributed by atoms with Crippen LogP contribution in [0.25, 0.3) is 22.2 Å². The highest BCUT2D eigenvalue weighted by atomic mass is 35.5. The first-order valence-electron chi connectivity index (χ1n) is 14.0. The minimum absolute atomic E-state index is 0.0472. The molecule has 0 fully saturated rings. The number of ketones is 1. The molecule has 5 rings (SSSR count). The Hall–Kier alpha value is -4.12. The molecule has 2 aromatic heterocycles. The summed E-state index contributed by atoms with van der Waals surface area (Å²) in [5.74, 6) is -4.63. The summed E-state index contributed by atoms with van der Waals surface area (Å²) in [6.07, 6.45) is 2.91. The number of hydrogen-bond donors (Lipinski definition) is 1. The third kappa shape index (κ3) is 6.93. The molecule has 5 aromatic rings. The molecule has 0 saturated carbocycles. The van der Waals surface area contributed by atoms with Gasteiger partial charge in [0, 0.05) is 28.4 Å². The summed E-state index contributed by atoms with van der Waals surface area (Å²) in [5, 5.41) is 0.800. The maximum Gasteiger partial charge on any atom is 0.265 e. The van der Waals surface area contributed by atoms with E-state index in [1.807, 2.05) is 13.8 Å². The van der Waals surface area contributed by atoms with Gasteiger partial charge in [0.25, 0.3) is 5.91 Å². The van der Waals surface area contributed by atoms with E-state index in [4.69, 9.17) is 23.2 Å². The van der Waals surface area contributed by atoms with Gasteiger partial charge in [0.05, 0.1) is 33.2 Å². The molecule has 234 valence electrons. The molecule has 7 nitrogen and oxygen atoms in total. The van der Waals surface area contributed by atoms with Gasteiger partial charge in [-0.05, 0) is 60.9 Å². The van der Waals surface area contributed by atoms with E-state index in [0.717, 1.165) is 22.9 Å². The van der Waals surface area contributed by atoms with Gasteiger partial charge >= 0.3 is 0 Å². The molecule has 1 N–H and O–H groups in total. The summed E-state index contributed by atoms with van der Waals surface area (Å²) in [5.41, 5.74) is 0.192. The Morgan fingerprint density at radius 1 is 0.956 bits per heavy atom. The maximum absolute atomic E-state index is 15.7. The highest BCUT2D eigenvalue weighted by Crippen LogP contribution is 2.32. The minimum atomic E-state index is -3.95. The molecule has 0 spiro atoms. The second-order valence-electron chi connectivity index (χ2n) is 9.79. The van der Waals surface area contributed by atoms with E-state index in [1.54, 1.807) is 62.4 Å². The number of aryl methyl sites for hydroxylation is 1. The van der Waals surface area contributed by atoms with Gasteiger partial charge in [-0.3, -0.25) is 18.9 Å². The summed E-state index contributed by atoms with van der Waals surface area (Å²) < 4.78 is 58.5. The van der Waals surface area contributed by atoms with Gasteiger partial charge in [-0.15, -0.1) is 0 Å². The molecule has 0 atom stereocenters. The van der Waals surface area contributed by atoms with Crippen molar-refractivity contribution in [2.75, 3.05) is 10.5 Å². The quantitative estimate of drug-likeness (QED) is 0.166. The van der Waals surface area contributed by atoms with Crippen molar-refractivity contribution in [3.8, 4) is 11.1 Å². The zero-order valence-corrected chi connectivity index (χ0v) is 27.1. The van der Waals surface area contributed by atoms with E-state index in [9.17, 15) is 18.0 Å². The number of sulfonamides is 1. The first-order valence-corrected chi connectivity index (χ1v) is 16.4. The lowest BCUT2D eigenvalue weighted by molar-refractivity contribution is 0.0964. The smallest absolute Gasteiger partial charge is 0.265 e. The van der Waals surface area contributed by atoms with Gasteiger partial charge in [-0.1, -0.05) is 68.2 Å². The molecule has 2 heterocycles. The Labute approximate surface area is 269 Å². The predicted octanol–water partition coefficient (Wildman–Crippen LogP) is 8.69. The standard InChI is InChI=1S/C31H23Cl2F2N3O4S.C2H6/c1-3-13-43(41,42)37-25-12-11-24(34)27(28(25)35)29(39)22-16-38(31(40)26-17(2)5-4-6-23(26)33)30-21(22)14-19(15-36-30)18-7-9-20(32)10-8-18;1-2/h4-12,14-16,37H,3,13H2,1-2H3;1-2H3. The van der Waals surface area contributed by atoms with Crippen molar-refractivity contribution < 1.29 is 26.8 Å². The van der Waals surface area contributed by atoms with E-state index >= 15 is 8.78 Å². The number of halogens is 4. The molecular formula is C33H29Cl2F2N3O4S. The van der Waals surface area contributed by atoms with Crippen LogP contribution in [0.4, 0.5) is 14.5 Å². The van der Waals surface area contributed by atoms with Crippen molar-refractivity contribution in [2.45, 2.75) is 34.1 Å². The maximum atomic E-state index is 15.7. The fraction of sp³-hybridized carbons (Fsp3) is 0.182. The second kappa shape index (κ2) is 13.9. The van der Waals surface area contributed by atoms with Crippen LogP contribution in [-0.4, -0.2) is 35.4 Å². The molecule has 0 unspecified atom stereocenters. The van der Waals surface area contributed by atoms with Crippen LogP contribution in [0.5, 0.6) is 0 Å². The Balaban J connectivity index is 0.00000226. The zero-order chi connectivity index (χ0) is 33.1. The molecule has 12 heteroatoms. The number of carbonyl (C=O) groups is 2. The second-order valence-corrected chi connectivity index (χ2v) is 12.5. The predicted molar refractivity (Wildman–Crippen MR) is 175 cm³/mol. The van der Waals surface area contributed by atoms with Crippen molar-refractivity contribution in [2.24, 2.45) is 0 Å². The van der Waals surface area contributed by atoms with Crippen molar-refractivity contribution >= 4 is 61.6 Å². The summed E-state index contributed by atoms with van der Waals surface area (Å²) in [7, 11) is -3.95. The van der Waals surface area contributed by atoms with E-state index in [2.05, 4.69) is 9.71 Å². The largest absolute Gasteiger partial charge is 0.288 e. The molecule has 0 amide bonds. The van der Waals surface area contributed by atoms with Crippen LogP contribution >= 0.6 is 23.2 Å². The number of nitrogens with zero attached hydrogens (tertiary/aromatic N) is 2. The van der Waals surface area contributed by atoms with Crippen LogP contribution in [-0.2, 0) is 10.0 Å². The zero-order valence-electron chi connectivity index (χ0n) is 24.8. The lowest BCUT2D eigenvalue weighted by Crippen LogP contribution is -2.18. The van der Waals surface area contributed by atoms with Gasteiger partial charge in [0.2, 0.25) is 15.8 Å². The number of anilines is 1. The Bertz CT molecular complexity index is 2010. The minimum Gasteiger partial charge on any atom is -0.288 e. The molecule has 0 aliphatic heterocycles. The van der Waals surface area contributed by atoms with Crippen LogP contribution in [0, 0.1) is 18.6 Å². The van der Waals surface area contributed by atoms with Gasteiger partial charge in [-0.2, -0.15) is 0 Å². The topological polar surface area (TPSA) is 98.1 Å². The SMILES string of the molecule is CC.CCCS(=O)(=O)Nc1ccc(F)c(C(=O)c2cn(C(=O)c3c(C)cccc3Cl)c3ncc(-c4ccc(Cl)cc4)cc23)c1F. The molecule has 0 saturated heterocycles. The molecule has 0 radical (unpaired) electrons. The van der Waals surface area contributed by atoms with Crippen LogP contribution in [0.1, 0.15) is 59.0 Å². The van der Waals surface area contributed by atoms with Gasteiger partial charge in [0.15, 0.2) is 5.82 Å². The van der Waals surface area contributed by atoms with Crippen LogP contribution in [0.15, 0.2) is 73.1 Å². The fourth-order valence-corrected chi connectivity index (χ4v) is 6.29. The normalized spacial score (nSPS) is 11.2. The fourth-order valence-electron chi connectivity index (χ4n) is 4.73.